The Morgan fingerprint density at radius 2 is 1.73 bits per heavy atom. The molecule has 0 aromatic heterocycles. The van der Waals surface area contributed by atoms with Crippen LogP contribution in [0.3, 0.4) is 0 Å². The van der Waals surface area contributed by atoms with Crippen LogP contribution in [0.15, 0.2) is 24.3 Å². The monoisotopic (exact) mass is 320 g/mol. The van der Waals surface area contributed by atoms with Gasteiger partial charge in [-0.1, -0.05) is 61.9 Å². The largest absolute Gasteiger partial charge is 0.309 e. The van der Waals surface area contributed by atoms with Gasteiger partial charge in [0, 0.05) is 17.1 Å². The van der Waals surface area contributed by atoms with E-state index in [1.54, 1.807) is 0 Å². The van der Waals surface area contributed by atoms with Gasteiger partial charge in [0.05, 0.1) is 5.54 Å². The normalized spacial score (nSPS) is 30.4. The van der Waals surface area contributed by atoms with Gasteiger partial charge in [-0.05, 0) is 44.4 Å². The maximum Gasteiger partial charge on any atom is 0.0602 e. The summed E-state index contributed by atoms with van der Waals surface area (Å²) in [4.78, 5) is 0. The molecule has 3 rings (SSSR count). The summed E-state index contributed by atoms with van der Waals surface area (Å²) in [5.41, 5.74) is 1.25. The van der Waals surface area contributed by atoms with Gasteiger partial charge in [0.25, 0.3) is 0 Å². The van der Waals surface area contributed by atoms with E-state index in [2.05, 4.69) is 29.8 Å². The van der Waals surface area contributed by atoms with Crippen LogP contribution in [-0.4, -0.2) is 19.1 Å². The molecule has 0 saturated heterocycles. The fourth-order valence-electron chi connectivity index (χ4n) is 4.53. The molecule has 3 heteroatoms. The smallest absolute Gasteiger partial charge is 0.0602 e. The van der Waals surface area contributed by atoms with Crippen LogP contribution >= 0.6 is 11.6 Å². The lowest BCUT2D eigenvalue weighted by molar-refractivity contribution is 0.156. The van der Waals surface area contributed by atoms with Gasteiger partial charge in [0.2, 0.25) is 0 Å². The lowest BCUT2D eigenvalue weighted by Gasteiger charge is -2.47. The Hall–Kier alpha value is -0.570. The van der Waals surface area contributed by atoms with Gasteiger partial charge in [-0.15, -0.1) is 0 Å². The highest BCUT2D eigenvalue weighted by molar-refractivity contribution is 6.31. The molecule has 2 nitrogen and oxygen atoms in total. The van der Waals surface area contributed by atoms with Crippen LogP contribution in [0.1, 0.15) is 63.4 Å². The Bertz CT molecular complexity index is 484. The number of hydrogen-bond donors (Lipinski definition) is 2. The minimum Gasteiger partial charge on any atom is -0.309 e. The Morgan fingerprint density at radius 1 is 1.00 bits per heavy atom. The van der Waals surface area contributed by atoms with Crippen LogP contribution in [0.5, 0.6) is 0 Å². The first kappa shape index (κ1) is 16.3. The first-order valence-corrected chi connectivity index (χ1v) is 9.34. The molecule has 0 heterocycles. The van der Waals surface area contributed by atoms with E-state index < -0.39 is 0 Å². The number of likely N-dealkylation sites (N-methyl/N-ethyl adjacent to an activating group) is 1. The van der Waals surface area contributed by atoms with E-state index in [9.17, 15) is 0 Å². The van der Waals surface area contributed by atoms with Crippen LogP contribution in [0.4, 0.5) is 0 Å². The van der Waals surface area contributed by atoms with E-state index in [0.717, 1.165) is 11.4 Å². The van der Waals surface area contributed by atoms with Crippen molar-refractivity contribution in [1.29, 1.82) is 0 Å². The molecule has 1 aromatic carbocycles. The fraction of sp³-hybridized carbons (Fsp3) is 0.684. The van der Waals surface area contributed by atoms with Gasteiger partial charge in [-0.2, -0.15) is 0 Å². The van der Waals surface area contributed by atoms with Crippen molar-refractivity contribution in [1.82, 2.24) is 10.6 Å². The molecule has 2 fully saturated rings. The molecule has 2 N–H and O–H groups in total. The summed E-state index contributed by atoms with van der Waals surface area (Å²) in [5.74, 6) is 0. The third kappa shape index (κ3) is 3.20. The van der Waals surface area contributed by atoms with E-state index in [0.29, 0.717) is 12.1 Å². The molecule has 2 aliphatic carbocycles. The maximum absolute atomic E-state index is 6.57. The second-order valence-corrected chi connectivity index (χ2v) is 7.41. The predicted molar refractivity (Wildman–Crippen MR) is 94.5 cm³/mol. The second-order valence-electron chi connectivity index (χ2n) is 7.00. The lowest BCUT2D eigenvalue weighted by Crippen LogP contribution is -2.60. The van der Waals surface area contributed by atoms with Crippen molar-refractivity contribution in [3.8, 4) is 0 Å². The highest BCUT2D eigenvalue weighted by Gasteiger charge is 2.42. The van der Waals surface area contributed by atoms with Crippen LogP contribution in [-0.2, 0) is 5.54 Å². The maximum atomic E-state index is 6.57. The third-order valence-electron chi connectivity index (χ3n) is 5.75. The standard InChI is InChI=1S/C19H29ClN2/c1-21-19(16-11-5-6-12-17(16)20)14-8-7-13-18(19)22-15-9-3-2-4-10-15/h5-6,11-12,15,18,21-22H,2-4,7-10,13-14H2,1H3/t18-,19+/m0/s1. The van der Waals surface area contributed by atoms with Crippen LogP contribution in [0.25, 0.3) is 0 Å². The van der Waals surface area contributed by atoms with Crippen molar-refractivity contribution < 1.29 is 0 Å². The summed E-state index contributed by atoms with van der Waals surface area (Å²) in [6.07, 6.45) is 11.8. The molecule has 22 heavy (non-hydrogen) atoms. The molecule has 1 aromatic rings. The highest BCUT2D eigenvalue weighted by atomic mass is 35.5. The summed E-state index contributed by atoms with van der Waals surface area (Å²) < 4.78 is 0. The third-order valence-corrected chi connectivity index (χ3v) is 6.08. The zero-order valence-electron chi connectivity index (χ0n) is 13.7. The van der Waals surface area contributed by atoms with Crippen molar-refractivity contribution in [2.24, 2.45) is 0 Å². The summed E-state index contributed by atoms with van der Waals surface area (Å²) in [6, 6.07) is 9.55. The predicted octanol–water partition coefficient (Wildman–Crippen LogP) is 4.62. The van der Waals surface area contributed by atoms with E-state index in [4.69, 9.17) is 11.6 Å². The molecule has 0 aliphatic heterocycles. The van der Waals surface area contributed by atoms with E-state index in [-0.39, 0.29) is 5.54 Å². The van der Waals surface area contributed by atoms with Gasteiger partial charge in [0.1, 0.15) is 0 Å². The van der Waals surface area contributed by atoms with Crippen molar-refractivity contribution in [2.75, 3.05) is 7.05 Å². The van der Waals surface area contributed by atoms with Gasteiger partial charge >= 0.3 is 0 Å². The molecular weight excluding hydrogens is 292 g/mol. The van der Waals surface area contributed by atoms with E-state index in [1.807, 2.05) is 12.1 Å². The SMILES string of the molecule is CN[C@@]1(c2ccccc2Cl)CCCC[C@@H]1NC1CCCCC1. The van der Waals surface area contributed by atoms with Crippen molar-refractivity contribution in [3.05, 3.63) is 34.9 Å². The minimum atomic E-state index is -0.0198. The zero-order chi connectivity index (χ0) is 15.4. The zero-order valence-corrected chi connectivity index (χ0v) is 14.5. The fourth-order valence-corrected chi connectivity index (χ4v) is 4.84. The first-order valence-electron chi connectivity index (χ1n) is 8.96. The number of nitrogens with one attached hydrogen (secondary N) is 2. The minimum absolute atomic E-state index is 0.0198. The van der Waals surface area contributed by atoms with Crippen molar-refractivity contribution >= 4 is 11.6 Å². The van der Waals surface area contributed by atoms with Gasteiger partial charge in [0.15, 0.2) is 0 Å². The molecule has 2 saturated carbocycles. The summed E-state index contributed by atoms with van der Waals surface area (Å²) >= 11 is 6.57. The van der Waals surface area contributed by atoms with Crippen LogP contribution in [0, 0.1) is 0 Å². The van der Waals surface area contributed by atoms with Gasteiger partial charge in [-0.3, -0.25) is 0 Å². The second kappa shape index (κ2) is 7.33. The lowest BCUT2D eigenvalue weighted by atomic mass is 9.72. The average molecular weight is 321 g/mol. The Kier molecular flexibility index (Phi) is 5.43. The van der Waals surface area contributed by atoms with Crippen LogP contribution in [0.2, 0.25) is 5.02 Å². The number of hydrogen-bond acceptors (Lipinski definition) is 2. The summed E-state index contributed by atoms with van der Waals surface area (Å²) in [7, 11) is 2.10. The first-order chi connectivity index (χ1) is 10.8. The molecule has 2 aliphatic rings. The Balaban J connectivity index is 1.86. The Labute approximate surface area is 140 Å². The Morgan fingerprint density at radius 3 is 2.45 bits per heavy atom. The number of benzene rings is 1. The topological polar surface area (TPSA) is 24.1 Å². The summed E-state index contributed by atoms with van der Waals surface area (Å²) in [5, 5.41) is 8.57. The molecule has 0 amide bonds. The quantitative estimate of drug-likeness (QED) is 0.846. The van der Waals surface area contributed by atoms with Gasteiger partial charge in [-0.25, -0.2) is 0 Å². The summed E-state index contributed by atoms with van der Waals surface area (Å²) in [6.45, 7) is 0. The van der Waals surface area contributed by atoms with Gasteiger partial charge < -0.3 is 10.6 Å². The number of rotatable bonds is 4. The van der Waals surface area contributed by atoms with Crippen molar-refractivity contribution in [3.63, 3.8) is 0 Å². The van der Waals surface area contributed by atoms with E-state index >= 15 is 0 Å². The van der Waals surface area contributed by atoms with Crippen molar-refractivity contribution in [2.45, 2.75) is 75.4 Å². The number of halogens is 1. The molecule has 0 spiro atoms. The van der Waals surface area contributed by atoms with Crippen LogP contribution < -0.4 is 10.6 Å². The molecular formula is C19H29ClN2. The molecule has 0 bridgehead atoms. The average Bonchev–Trinajstić information content (AvgIpc) is 2.57. The molecule has 0 unspecified atom stereocenters. The highest BCUT2D eigenvalue weighted by Crippen LogP contribution is 2.40. The van der Waals surface area contributed by atoms with E-state index in [1.165, 1.54) is 56.9 Å². The molecule has 2 atom stereocenters. The molecule has 122 valence electrons. The molecule has 0 radical (unpaired) electrons.